The second-order valence-corrected chi connectivity index (χ2v) is 6.11. The number of hydrogen-bond acceptors (Lipinski definition) is 2. The lowest BCUT2D eigenvalue weighted by atomic mass is 10.0. The SMILES string of the molecule is Cc1ccc(-c2c(C(=O)O)c(C)nn2-c2cccc(C)c2C)cc1. The van der Waals surface area contributed by atoms with E-state index in [2.05, 4.69) is 5.10 Å². The van der Waals surface area contributed by atoms with E-state index in [1.807, 2.05) is 63.2 Å². The van der Waals surface area contributed by atoms with Crippen LogP contribution in [0.3, 0.4) is 0 Å². The highest BCUT2D eigenvalue weighted by molar-refractivity contribution is 5.96. The van der Waals surface area contributed by atoms with Gasteiger partial charge in [0.05, 0.1) is 17.1 Å². The van der Waals surface area contributed by atoms with Gasteiger partial charge in [0.1, 0.15) is 5.56 Å². The summed E-state index contributed by atoms with van der Waals surface area (Å²) in [4.78, 5) is 11.8. The minimum Gasteiger partial charge on any atom is -0.478 e. The van der Waals surface area contributed by atoms with Gasteiger partial charge in [0.25, 0.3) is 0 Å². The van der Waals surface area contributed by atoms with E-state index >= 15 is 0 Å². The Hall–Kier alpha value is -2.88. The third-order valence-corrected chi connectivity index (χ3v) is 4.40. The van der Waals surface area contributed by atoms with Crippen molar-refractivity contribution < 1.29 is 9.90 Å². The Bertz CT molecular complexity index is 922. The van der Waals surface area contributed by atoms with Crippen LogP contribution in [0.4, 0.5) is 0 Å². The van der Waals surface area contributed by atoms with Crippen LogP contribution in [0.1, 0.15) is 32.7 Å². The minimum absolute atomic E-state index is 0.250. The van der Waals surface area contributed by atoms with Crippen LogP contribution >= 0.6 is 0 Å². The lowest BCUT2D eigenvalue weighted by Gasteiger charge is -2.13. The van der Waals surface area contributed by atoms with E-state index in [1.165, 1.54) is 0 Å². The van der Waals surface area contributed by atoms with Crippen molar-refractivity contribution in [1.29, 1.82) is 0 Å². The van der Waals surface area contributed by atoms with Crippen LogP contribution in [0.5, 0.6) is 0 Å². The molecule has 1 N–H and O–H groups in total. The molecule has 0 fully saturated rings. The van der Waals surface area contributed by atoms with Gasteiger partial charge in [0, 0.05) is 5.56 Å². The van der Waals surface area contributed by atoms with Crippen LogP contribution in [-0.2, 0) is 0 Å². The summed E-state index contributed by atoms with van der Waals surface area (Å²) >= 11 is 0. The van der Waals surface area contributed by atoms with Crippen molar-refractivity contribution in [3.05, 3.63) is 70.4 Å². The zero-order valence-electron chi connectivity index (χ0n) is 14.3. The Morgan fingerprint density at radius 1 is 1.00 bits per heavy atom. The molecule has 0 aliphatic carbocycles. The number of carboxylic acid groups (broad SMARTS) is 1. The maximum atomic E-state index is 11.8. The lowest BCUT2D eigenvalue weighted by molar-refractivity contribution is 0.0697. The molecule has 0 radical (unpaired) electrons. The number of aromatic carboxylic acids is 1. The van der Waals surface area contributed by atoms with Crippen molar-refractivity contribution in [2.45, 2.75) is 27.7 Å². The highest BCUT2D eigenvalue weighted by atomic mass is 16.4. The Morgan fingerprint density at radius 2 is 1.67 bits per heavy atom. The lowest BCUT2D eigenvalue weighted by Crippen LogP contribution is -2.05. The monoisotopic (exact) mass is 320 g/mol. The molecule has 122 valence electrons. The molecule has 1 aromatic heterocycles. The Balaban J connectivity index is 2.35. The average molecular weight is 320 g/mol. The number of carboxylic acids is 1. The normalized spacial score (nSPS) is 10.8. The van der Waals surface area contributed by atoms with Crippen molar-refractivity contribution in [3.8, 4) is 16.9 Å². The molecule has 0 unspecified atom stereocenters. The number of hydrogen-bond donors (Lipinski definition) is 1. The van der Waals surface area contributed by atoms with E-state index in [0.717, 1.165) is 27.9 Å². The van der Waals surface area contributed by atoms with Crippen molar-refractivity contribution in [1.82, 2.24) is 9.78 Å². The summed E-state index contributed by atoms with van der Waals surface area (Å²) < 4.78 is 1.76. The molecule has 4 nitrogen and oxygen atoms in total. The quantitative estimate of drug-likeness (QED) is 0.774. The van der Waals surface area contributed by atoms with Gasteiger partial charge in [-0.2, -0.15) is 5.10 Å². The molecule has 1 heterocycles. The molecule has 2 aromatic carbocycles. The third-order valence-electron chi connectivity index (χ3n) is 4.40. The minimum atomic E-state index is -0.959. The van der Waals surface area contributed by atoms with Gasteiger partial charge in [-0.15, -0.1) is 0 Å². The fourth-order valence-corrected chi connectivity index (χ4v) is 2.90. The van der Waals surface area contributed by atoms with Gasteiger partial charge >= 0.3 is 5.97 Å². The molecule has 0 aliphatic heterocycles. The fraction of sp³-hybridized carbons (Fsp3) is 0.200. The molecule has 0 aliphatic rings. The maximum Gasteiger partial charge on any atom is 0.339 e. The molecule has 0 spiro atoms. The number of nitrogens with zero attached hydrogens (tertiary/aromatic N) is 2. The predicted octanol–water partition coefficient (Wildman–Crippen LogP) is 4.47. The number of carbonyl (C=O) groups is 1. The van der Waals surface area contributed by atoms with Crippen LogP contribution in [0, 0.1) is 27.7 Å². The number of rotatable bonds is 3. The maximum absolute atomic E-state index is 11.8. The van der Waals surface area contributed by atoms with Crippen molar-refractivity contribution >= 4 is 5.97 Å². The predicted molar refractivity (Wildman–Crippen MR) is 94.9 cm³/mol. The average Bonchev–Trinajstić information content (AvgIpc) is 2.88. The highest BCUT2D eigenvalue weighted by Gasteiger charge is 2.23. The van der Waals surface area contributed by atoms with Gasteiger partial charge in [-0.25, -0.2) is 9.48 Å². The van der Waals surface area contributed by atoms with Gasteiger partial charge < -0.3 is 5.11 Å². The van der Waals surface area contributed by atoms with Crippen LogP contribution in [0.2, 0.25) is 0 Å². The first-order chi connectivity index (χ1) is 11.4. The molecule has 0 amide bonds. The molecule has 3 aromatic rings. The van der Waals surface area contributed by atoms with E-state index in [1.54, 1.807) is 11.6 Å². The smallest absolute Gasteiger partial charge is 0.339 e. The van der Waals surface area contributed by atoms with Gasteiger partial charge in [-0.3, -0.25) is 0 Å². The summed E-state index contributed by atoms with van der Waals surface area (Å²) in [5.41, 5.74) is 6.50. The molecule has 3 rings (SSSR count). The Morgan fingerprint density at radius 3 is 2.29 bits per heavy atom. The molecule has 0 bridgehead atoms. The van der Waals surface area contributed by atoms with Crippen LogP contribution in [0.15, 0.2) is 42.5 Å². The third kappa shape index (κ3) is 2.60. The Kier molecular flexibility index (Phi) is 3.97. The summed E-state index contributed by atoms with van der Waals surface area (Å²) in [5.74, 6) is -0.959. The number of aromatic nitrogens is 2. The van der Waals surface area contributed by atoms with E-state index in [-0.39, 0.29) is 5.56 Å². The highest BCUT2D eigenvalue weighted by Crippen LogP contribution is 2.31. The van der Waals surface area contributed by atoms with E-state index in [4.69, 9.17) is 0 Å². The van der Waals surface area contributed by atoms with E-state index in [9.17, 15) is 9.90 Å². The molecule has 0 saturated heterocycles. The fourth-order valence-electron chi connectivity index (χ4n) is 2.90. The Labute approximate surface area is 141 Å². The van der Waals surface area contributed by atoms with Gasteiger partial charge in [-0.1, -0.05) is 42.0 Å². The first-order valence-corrected chi connectivity index (χ1v) is 7.86. The van der Waals surface area contributed by atoms with E-state index in [0.29, 0.717) is 11.4 Å². The summed E-state index contributed by atoms with van der Waals surface area (Å²) in [5, 5.41) is 14.2. The first kappa shape index (κ1) is 16.0. The topological polar surface area (TPSA) is 55.1 Å². The zero-order chi connectivity index (χ0) is 17.4. The van der Waals surface area contributed by atoms with Gasteiger partial charge in [0.2, 0.25) is 0 Å². The van der Waals surface area contributed by atoms with Crippen LogP contribution in [-0.4, -0.2) is 20.9 Å². The molecule has 0 saturated carbocycles. The van der Waals surface area contributed by atoms with Gasteiger partial charge in [0.15, 0.2) is 0 Å². The molecule has 24 heavy (non-hydrogen) atoms. The molecule has 4 heteroatoms. The second-order valence-electron chi connectivity index (χ2n) is 6.11. The van der Waals surface area contributed by atoms with Crippen molar-refractivity contribution in [2.75, 3.05) is 0 Å². The van der Waals surface area contributed by atoms with Crippen LogP contribution in [0.25, 0.3) is 16.9 Å². The molecular weight excluding hydrogens is 300 g/mol. The summed E-state index contributed by atoms with van der Waals surface area (Å²) in [6, 6.07) is 13.8. The largest absolute Gasteiger partial charge is 0.478 e. The molecule has 0 atom stereocenters. The first-order valence-electron chi connectivity index (χ1n) is 7.86. The van der Waals surface area contributed by atoms with Crippen molar-refractivity contribution in [2.24, 2.45) is 0 Å². The second kappa shape index (κ2) is 5.96. The summed E-state index contributed by atoms with van der Waals surface area (Å²) in [6.45, 7) is 7.82. The standard InChI is InChI=1S/C20H20N2O2/c1-12-8-10-16(11-9-12)19-18(20(23)24)15(4)21-22(19)17-7-5-6-13(2)14(17)3/h5-11H,1-4H3,(H,23,24). The van der Waals surface area contributed by atoms with Crippen LogP contribution < -0.4 is 0 Å². The number of aryl methyl sites for hydroxylation is 3. The van der Waals surface area contributed by atoms with E-state index < -0.39 is 5.97 Å². The van der Waals surface area contributed by atoms with Crippen molar-refractivity contribution in [3.63, 3.8) is 0 Å². The van der Waals surface area contributed by atoms with Gasteiger partial charge in [-0.05, 0) is 44.9 Å². The zero-order valence-corrected chi connectivity index (χ0v) is 14.3. The molecular formula is C20H20N2O2. The number of benzene rings is 2. The summed E-state index contributed by atoms with van der Waals surface area (Å²) in [7, 11) is 0. The summed E-state index contributed by atoms with van der Waals surface area (Å²) in [6.07, 6.45) is 0.